The average molecular weight is 257 g/mol. The van der Waals surface area contributed by atoms with E-state index in [0.717, 1.165) is 12.8 Å². The fourth-order valence-electron chi connectivity index (χ4n) is 0.882. The van der Waals surface area contributed by atoms with Crippen LogP contribution in [-0.2, 0) is 36.8 Å². The van der Waals surface area contributed by atoms with Crippen molar-refractivity contribution in [1.29, 1.82) is 0 Å². The summed E-state index contributed by atoms with van der Waals surface area (Å²) in [5, 5.41) is 0. The minimum absolute atomic E-state index is 0. The first kappa shape index (κ1) is 13.9. The zero-order valence-electron chi connectivity index (χ0n) is 7.72. The molecule has 0 radical (unpaired) electrons. The molecule has 3 heteroatoms. The first-order chi connectivity index (χ1) is 4.76. The van der Waals surface area contributed by atoms with Gasteiger partial charge in [0.2, 0.25) is 0 Å². The van der Waals surface area contributed by atoms with Gasteiger partial charge in [0, 0.05) is 27.3 Å². The van der Waals surface area contributed by atoms with Crippen LogP contribution >= 0.6 is 0 Å². The molecule has 0 bridgehead atoms. The van der Waals surface area contributed by atoms with Gasteiger partial charge in [0.05, 0.1) is 12.5 Å². The monoisotopic (exact) mass is 258 g/mol. The molecule has 0 unspecified atom stereocenters. The van der Waals surface area contributed by atoms with Gasteiger partial charge >= 0.3 is 5.97 Å². The van der Waals surface area contributed by atoms with E-state index in [9.17, 15) is 4.79 Å². The van der Waals surface area contributed by atoms with Crippen LogP contribution in [0.25, 0.3) is 0 Å². The van der Waals surface area contributed by atoms with E-state index in [-0.39, 0.29) is 39.2 Å². The number of hydrogen-bond acceptors (Lipinski definition) is 2. The van der Waals surface area contributed by atoms with E-state index in [1.165, 1.54) is 0 Å². The van der Waals surface area contributed by atoms with Crippen molar-refractivity contribution in [3.8, 4) is 0 Å². The van der Waals surface area contributed by atoms with Crippen molar-refractivity contribution in [1.82, 2.24) is 0 Å². The van der Waals surface area contributed by atoms with Gasteiger partial charge in [0.15, 0.2) is 0 Å². The number of carbonyl (C=O) groups excluding carboxylic acids is 1. The van der Waals surface area contributed by atoms with Crippen LogP contribution in [0.3, 0.4) is 0 Å². The smallest absolute Gasteiger partial charge is 0.308 e. The van der Waals surface area contributed by atoms with Crippen LogP contribution in [0, 0.1) is 5.92 Å². The molecule has 0 aliphatic carbocycles. The summed E-state index contributed by atoms with van der Waals surface area (Å²) >= 11 is 0. The Balaban J connectivity index is 0. The molecular weight excluding hydrogens is 240 g/mol. The standard InChI is InChI=1S/C8H16O2.Cd/c1-4-7(5-2)8(9)10-6-3;/h7H,4-6H2,1-3H3;. The molecule has 0 rings (SSSR count). The summed E-state index contributed by atoms with van der Waals surface area (Å²) in [6.45, 7) is 6.34. The Morgan fingerprint density at radius 2 is 1.73 bits per heavy atom. The van der Waals surface area contributed by atoms with Crippen molar-refractivity contribution in [2.75, 3.05) is 6.61 Å². The normalized spacial score (nSPS) is 9.09. The topological polar surface area (TPSA) is 26.3 Å². The van der Waals surface area contributed by atoms with Crippen LogP contribution in [-0.4, -0.2) is 12.6 Å². The van der Waals surface area contributed by atoms with E-state index in [1.807, 2.05) is 20.8 Å². The predicted octanol–water partition coefficient (Wildman–Crippen LogP) is 1.98. The minimum atomic E-state index is -0.0486. The Morgan fingerprint density at radius 3 is 2.00 bits per heavy atom. The van der Waals surface area contributed by atoms with Gasteiger partial charge in [-0.05, 0) is 19.8 Å². The Hall–Kier alpha value is 0.392. The van der Waals surface area contributed by atoms with Gasteiger partial charge in [-0.25, -0.2) is 0 Å². The van der Waals surface area contributed by atoms with E-state index < -0.39 is 0 Å². The van der Waals surface area contributed by atoms with Crippen LogP contribution in [0.2, 0.25) is 0 Å². The second-order valence-corrected chi connectivity index (χ2v) is 2.27. The van der Waals surface area contributed by atoms with Crippen LogP contribution < -0.4 is 0 Å². The summed E-state index contributed by atoms with van der Waals surface area (Å²) in [5.74, 6) is 0.0625. The van der Waals surface area contributed by atoms with Crippen LogP contribution in [0.15, 0.2) is 0 Å². The molecule has 0 fully saturated rings. The van der Waals surface area contributed by atoms with Gasteiger partial charge in [-0.1, -0.05) is 13.8 Å². The zero-order valence-corrected chi connectivity index (χ0v) is 11.8. The molecule has 0 aromatic carbocycles. The fourth-order valence-corrected chi connectivity index (χ4v) is 0.882. The number of ether oxygens (including phenoxy) is 1. The van der Waals surface area contributed by atoms with Crippen LogP contribution in [0.4, 0.5) is 0 Å². The van der Waals surface area contributed by atoms with Crippen molar-refractivity contribution in [3.63, 3.8) is 0 Å². The summed E-state index contributed by atoms with van der Waals surface area (Å²) in [5.41, 5.74) is 0. The molecule has 0 spiro atoms. The Morgan fingerprint density at radius 1 is 1.27 bits per heavy atom. The Bertz CT molecular complexity index is 100. The summed E-state index contributed by atoms with van der Waals surface area (Å²) in [4.78, 5) is 11.0. The minimum Gasteiger partial charge on any atom is -0.466 e. The molecule has 62 valence electrons. The molecule has 0 aromatic heterocycles. The molecule has 2 nitrogen and oxygen atoms in total. The molecule has 0 amide bonds. The summed E-state index contributed by atoms with van der Waals surface area (Å²) in [6.07, 6.45) is 1.77. The fraction of sp³-hybridized carbons (Fsp3) is 0.875. The van der Waals surface area contributed by atoms with Crippen LogP contribution in [0.1, 0.15) is 33.6 Å². The van der Waals surface area contributed by atoms with E-state index in [0.29, 0.717) is 6.61 Å². The first-order valence-electron chi connectivity index (χ1n) is 3.92. The Kier molecular flexibility index (Phi) is 10.8. The SMILES string of the molecule is CCOC(=O)C(CC)CC.[Cd]. The maximum atomic E-state index is 11.0. The summed E-state index contributed by atoms with van der Waals surface area (Å²) < 4.78 is 4.85. The molecule has 0 aliphatic rings. The van der Waals surface area contributed by atoms with Crippen molar-refractivity contribution in [2.45, 2.75) is 33.6 Å². The number of esters is 1. The van der Waals surface area contributed by atoms with Gasteiger partial charge in [-0.3, -0.25) is 4.79 Å². The Labute approximate surface area is 88.9 Å². The van der Waals surface area contributed by atoms with Crippen molar-refractivity contribution in [3.05, 3.63) is 0 Å². The van der Waals surface area contributed by atoms with Crippen molar-refractivity contribution >= 4 is 5.97 Å². The van der Waals surface area contributed by atoms with Gasteiger partial charge in [0.25, 0.3) is 0 Å². The van der Waals surface area contributed by atoms with Crippen LogP contribution in [0.5, 0.6) is 0 Å². The van der Waals surface area contributed by atoms with Crippen molar-refractivity contribution < 1.29 is 36.8 Å². The van der Waals surface area contributed by atoms with E-state index in [2.05, 4.69) is 0 Å². The van der Waals surface area contributed by atoms with Gasteiger partial charge < -0.3 is 4.74 Å². The molecule has 0 saturated carbocycles. The average Bonchev–Trinajstić information content (AvgIpc) is 1.91. The third-order valence-corrected chi connectivity index (χ3v) is 1.61. The molecule has 0 atom stereocenters. The second kappa shape index (κ2) is 8.49. The molecule has 11 heavy (non-hydrogen) atoms. The molecule has 0 heterocycles. The van der Waals surface area contributed by atoms with Gasteiger partial charge in [0.1, 0.15) is 0 Å². The molecule has 0 saturated heterocycles. The molecular formula is C8H16CdO2. The summed E-state index contributed by atoms with van der Waals surface area (Å²) in [7, 11) is 0. The number of rotatable bonds is 4. The van der Waals surface area contributed by atoms with Crippen molar-refractivity contribution in [2.24, 2.45) is 5.92 Å². The van der Waals surface area contributed by atoms with Gasteiger partial charge in [-0.2, -0.15) is 0 Å². The third-order valence-electron chi connectivity index (χ3n) is 1.61. The third kappa shape index (κ3) is 5.64. The van der Waals surface area contributed by atoms with E-state index in [4.69, 9.17) is 4.74 Å². The quantitative estimate of drug-likeness (QED) is 0.568. The molecule has 0 aliphatic heterocycles. The first-order valence-corrected chi connectivity index (χ1v) is 3.92. The molecule has 0 N–H and O–H groups in total. The largest absolute Gasteiger partial charge is 0.466 e. The zero-order chi connectivity index (χ0) is 7.98. The summed E-state index contributed by atoms with van der Waals surface area (Å²) in [6, 6.07) is 0. The second-order valence-electron chi connectivity index (χ2n) is 2.27. The van der Waals surface area contributed by atoms with E-state index in [1.54, 1.807) is 0 Å². The number of hydrogen-bond donors (Lipinski definition) is 0. The molecule has 0 aromatic rings. The predicted molar refractivity (Wildman–Crippen MR) is 40.7 cm³/mol. The maximum absolute atomic E-state index is 11.0. The van der Waals surface area contributed by atoms with Gasteiger partial charge in [-0.15, -0.1) is 0 Å². The van der Waals surface area contributed by atoms with E-state index >= 15 is 0 Å². The number of carbonyl (C=O) groups is 1. The maximum Gasteiger partial charge on any atom is 0.308 e.